The first kappa shape index (κ1) is 33.8. The van der Waals surface area contributed by atoms with E-state index >= 15 is 4.39 Å². The molecule has 1 saturated heterocycles. The minimum absolute atomic E-state index is 0.0384. The van der Waals surface area contributed by atoms with E-state index < -0.39 is 40.7 Å². The Balaban J connectivity index is 1.48. The SMILES string of the molecule is Cc1cc(C(F)(F)F)c(C#N)c(N[C@H]2CCN(CCCN3CCN(C(=O)OC(C)(C)C)CC3)c3c(F)cccc3N(C)C2=O)n1. The highest BCUT2D eigenvalue weighted by atomic mass is 19.4. The van der Waals surface area contributed by atoms with Crippen molar-refractivity contribution in [2.75, 3.05) is 68.0 Å². The summed E-state index contributed by atoms with van der Waals surface area (Å²) in [5.74, 6) is -1.31. The second kappa shape index (κ2) is 13.5. The van der Waals surface area contributed by atoms with Crippen LogP contribution in [0, 0.1) is 24.1 Å². The molecule has 0 aliphatic carbocycles. The van der Waals surface area contributed by atoms with E-state index in [2.05, 4.69) is 15.2 Å². The van der Waals surface area contributed by atoms with Gasteiger partial charge in [-0.1, -0.05) is 6.07 Å². The van der Waals surface area contributed by atoms with Crippen LogP contribution >= 0.6 is 0 Å². The van der Waals surface area contributed by atoms with Crippen molar-refractivity contribution < 1.29 is 31.9 Å². The number of ether oxygens (including phenoxy) is 1. The number of nitrogens with zero attached hydrogens (tertiary/aromatic N) is 6. The molecule has 10 nitrogen and oxygen atoms in total. The lowest BCUT2D eigenvalue weighted by Crippen LogP contribution is -2.50. The molecule has 14 heteroatoms. The summed E-state index contributed by atoms with van der Waals surface area (Å²) in [5.41, 5.74) is -1.76. The number of carbonyl (C=O) groups is 2. The zero-order valence-electron chi connectivity index (χ0n) is 26.2. The Morgan fingerprint density at radius 3 is 2.44 bits per heavy atom. The van der Waals surface area contributed by atoms with Crippen molar-refractivity contribution in [1.29, 1.82) is 5.26 Å². The molecular weight excluding hydrogens is 594 g/mol. The largest absolute Gasteiger partial charge is 0.444 e. The Morgan fingerprint density at radius 2 is 1.82 bits per heavy atom. The summed E-state index contributed by atoms with van der Waals surface area (Å²) in [4.78, 5) is 37.1. The van der Waals surface area contributed by atoms with Crippen molar-refractivity contribution in [3.63, 3.8) is 0 Å². The van der Waals surface area contributed by atoms with Gasteiger partial charge in [-0.15, -0.1) is 0 Å². The second-order valence-corrected chi connectivity index (χ2v) is 12.3. The molecule has 4 rings (SSSR count). The maximum atomic E-state index is 15.3. The number of hydrogen-bond donors (Lipinski definition) is 1. The van der Waals surface area contributed by atoms with Crippen LogP contribution in [-0.4, -0.2) is 91.3 Å². The van der Waals surface area contributed by atoms with Gasteiger partial charge in [0.1, 0.15) is 34.9 Å². The Morgan fingerprint density at radius 1 is 1.13 bits per heavy atom. The average molecular weight is 634 g/mol. The number of pyridine rings is 1. The fourth-order valence-electron chi connectivity index (χ4n) is 5.56. The summed E-state index contributed by atoms with van der Waals surface area (Å²) in [6.07, 6.45) is -4.35. The number of likely N-dealkylation sites (N-methyl/N-ethyl adjacent to an activating group) is 1. The number of aryl methyl sites for hydroxylation is 1. The number of nitrogens with one attached hydrogen (secondary N) is 1. The van der Waals surface area contributed by atoms with E-state index in [1.54, 1.807) is 17.0 Å². The number of nitriles is 1. The van der Waals surface area contributed by atoms with Gasteiger partial charge in [0.05, 0.1) is 16.9 Å². The number of benzene rings is 1. The topological polar surface area (TPSA) is 105 Å². The van der Waals surface area contributed by atoms with Crippen molar-refractivity contribution in [1.82, 2.24) is 14.8 Å². The maximum absolute atomic E-state index is 15.3. The molecule has 0 radical (unpaired) electrons. The minimum atomic E-state index is -4.79. The monoisotopic (exact) mass is 633 g/mol. The number of halogens is 4. The molecule has 0 bridgehead atoms. The zero-order chi connectivity index (χ0) is 33.1. The third-order valence-electron chi connectivity index (χ3n) is 7.76. The van der Waals surface area contributed by atoms with Crippen LogP contribution in [0.5, 0.6) is 0 Å². The van der Waals surface area contributed by atoms with E-state index in [1.807, 2.05) is 25.7 Å². The normalized spacial score (nSPS) is 18.2. The van der Waals surface area contributed by atoms with Gasteiger partial charge in [0.15, 0.2) is 0 Å². The van der Waals surface area contributed by atoms with Gasteiger partial charge in [0.25, 0.3) is 0 Å². The molecule has 1 fully saturated rings. The molecule has 3 heterocycles. The average Bonchev–Trinajstić information content (AvgIpc) is 2.95. The highest BCUT2D eigenvalue weighted by Crippen LogP contribution is 2.37. The third-order valence-corrected chi connectivity index (χ3v) is 7.76. The van der Waals surface area contributed by atoms with Gasteiger partial charge in [-0.2, -0.15) is 18.4 Å². The highest BCUT2D eigenvalue weighted by Gasteiger charge is 2.37. The standard InChI is InChI=1S/C31H39F4N7O3/c1-20-18-22(31(33,34)35)21(19-36)27(37-20)38-24-10-13-41(26-23(32)8-6-9-25(26)39(5)28(24)43)12-7-11-40-14-16-42(17-15-40)29(44)45-30(2,3)4/h6,8-9,18,24H,7,10-17H2,1-5H3,(H,37,38)/t24-/m0/s1. The van der Waals surface area contributed by atoms with Crippen LogP contribution in [0.3, 0.4) is 0 Å². The van der Waals surface area contributed by atoms with Crippen molar-refractivity contribution in [2.24, 2.45) is 0 Å². The fourth-order valence-corrected chi connectivity index (χ4v) is 5.56. The molecule has 1 atom stereocenters. The first-order valence-electron chi connectivity index (χ1n) is 14.9. The molecule has 45 heavy (non-hydrogen) atoms. The van der Waals surface area contributed by atoms with Crippen molar-refractivity contribution in [2.45, 2.75) is 58.4 Å². The Bertz CT molecular complexity index is 1450. The fraction of sp³-hybridized carbons (Fsp3) is 0.548. The number of carbonyl (C=O) groups excluding carboxylic acids is 2. The van der Waals surface area contributed by atoms with Crippen LogP contribution in [0.25, 0.3) is 0 Å². The van der Waals surface area contributed by atoms with Gasteiger partial charge >= 0.3 is 12.3 Å². The van der Waals surface area contributed by atoms with Gasteiger partial charge in [0, 0.05) is 52.0 Å². The molecule has 1 aromatic carbocycles. The molecule has 0 saturated carbocycles. The smallest absolute Gasteiger partial charge is 0.417 e. The number of anilines is 3. The van der Waals surface area contributed by atoms with Gasteiger partial charge in [-0.25, -0.2) is 14.2 Å². The number of piperazine rings is 1. The van der Waals surface area contributed by atoms with Crippen molar-refractivity contribution in [3.05, 3.63) is 46.9 Å². The van der Waals surface area contributed by atoms with Gasteiger partial charge in [0.2, 0.25) is 5.91 Å². The summed E-state index contributed by atoms with van der Waals surface area (Å²) in [6, 6.07) is 5.80. The van der Waals surface area contributed by atoms with E-state index in [9.17, 15) is 28.0 Å². The first-order valence-corrected chi connectivity index (χ1v) is 14.9. The summed E-state index contributed by atoms with van der Waals surface area (Å²) in [7, 11) is 1.49. The molecular formula is C31H39F4N7O3. The number of rotatable bonds is 6. The molecule has 2 amide bonds. The Hall–Kier alpha value is -4.12. The highest BCUT2D eigenvalue weighted by molar-refractivity contribution is 6.01. The van der Waals surface area contributed by atoms with E-state index in [0.717, 1.165) is 6.07 Å². The molecule has 0 spiro atoms. The lowest BCUT2D eigenvalue weighted by atomic mass is 10.0. The van der Waals surface area contributed by atoms with Crippen molar-refractivity contribution >= 4 is 29.2 Å². The number of para-hydroxylation sites is 1. The predicted molar refractivity (Wildman–Crippen MR) is 162 cm³/mol. The maximum Gasteiger partial charge on any atom is 0.417 e. The van der Waals surface area contributed by atoms with E-state index in [4.69, 9.17) is 4.74 Å². The third kappa shape index (κ3) is 8.13. The van der Waals surface area contributed by atoms with Crippen LogP contribution in [0.2, 0.25) is 0 Å². The van der Waals surface area contributed by atoms with Crippen molar-refractivity contribution in [3.8, 4) is 6.07 Å². The number of hydrogen-bond acceptors (Lipinski definition) is 8. The quantitative estimate of drug-likeness (QED) is 0.443. The lowest BCUT2D eigenvalue weighted by molar-refractivity contribution is -0.137. The molecule has 0 unspecified atom stereocenters. The number of fused-ring (bicyclic) bond motifs is 1. The molecule has 244 valence electrons. The molecule has 1 N–H and O–H groups in total. The van der Waals surface area contributed by atoms with E-state index in [0.29, 0.717) is 51.4 Å². The minimum Gasteiger partial charge on any atom is -0.444 e. The van der Waals surface area contributed by atoms with Crippen LogP contribution in [0.4, 0.5) is 39.5 Å². The molecule has 2 aliphatic rings. The summed E-state index contributed by atoms with van der Waals surface area (Å²) in [6.45, 7) is 10.6. The molecule has 1 aromatic heterocycles. The van der Waals surface area contributed by atoms with Gasteiger partial charge in [-0.3, -0.25) is 9.69 Å². The zero-order valence-corrected chi connectivity index (χ0v) is 26.2. The van der Waals surface area contributed by atoms with Crippen LogP contribution in [-0.2, 0) is 15.7 Å². The number of aromatic nitrogens is 1. The number of alkyl halides is 3. The summed E-state index contributed by atoms with van der Waals surface area (Å²) >= 11 is 0. The van der Waals surface area contributed by atoms with Gasteiger partial charge in [-0.05, 0) is 65.3 Å². The van der Waals surface area contributed by atoms with Crippen LogP contribution < -0.4 is 15.1 Å². The van der Waals surface area contributed by atoms with E-state index in [-0.39, 0.29) is 36.3 Å². The van der Waals surface area contributed by atoms with Crippen LogP contribution in [0.15, 0.2) is 24.3 Å². The van der Waals surface area contributed by atoms with E-state index in [1.165, 1.54) is 31.0 Å². The predicted octanol–water partition coefficient (Wildman–Crippen LogP) is 5.02. The Kier molecular flexibility index (Phi) is 10.1. The summed E-state index contributed by atoms with van der Waals surface area (Å²) < 4.78 is 61.9. The first-order chi connectivity index (χ1) is 21.1. The summed E-state index contributed by atoms with van der Waals surface area (Å²) in [5, 5.41) is 12.4. The Labute approximate surface area is 260 Å². The van der Waals surface area contributed by atoms with Gasteiger partial charge < -0.3 is 24.8 Å². The molecule has 2 aromatic rings. The number of amides is 2. The lowest BCUT2D eigenvalue weighted by Gasteiger charge is -2.37. The van der Waals surface area contributed by atoms with Crippen LogP contribution in [0.1, 0.15) is 50.4 Å². The second-order valence-electron chi connectivity index (χ2n) is 12.3. The molecule has 2 aliphatic heterocycles.